The Morgan fingerprint density at radius 1 is 1.00 bits per heavy atom. The first kappa shape index (κ1) is 14.6. The van der Waals surface area contributed by atoms with Gasteiger partial charge in [0.15, 0.2) is 5.78 Å². The molecule has 0 saturated heterocycles. The highest BCUT2D eigenvalue weighted by molar-refractivity contribution is 5.89. The number of hydrogen-bond donors (Lipinski definition) is 0. The lowest BCUT2D eigenvalue weighted by Crippen LogP contribution is -1.88. The van der Waals surface area contributed by atoms with Crippen molar-refractivity contribution in [2.75, 3.05) is 0 Å². The van der Waals surface area contributed by atoms with Crippen LogP contribution in [0.15, 0.2) is 12.2 Å². The van der Waals surface area contributed by atoms with Crippen molar-refractivity contribution in [1.29, 1.82) is 0 Å². The molecule has 0 atom stereocenters. The van der Waals surface area contributed by atoms with E-state index in [9.17, 15) is 9.59 Å². The highest BCUT2D eigenvalue weighted by Crippen LogP contribution is 1.83. The van der Waals surface area contributed by atoms with E-state index in [4.69, 9.17) is 0 Å². The first-order chi connectivity index (χ1) is 6.12. The van der Waals surface area contributed by atoms with Crippen molar-refractivity contribution in [3.05, 3.63) is 12.2 Å². The van der Waals surface area contributed by atoms with Crippen LogP contribution in [0.1, 0.15) is 47.0 Å². The SMILES string of the molecule is CC=CC(=O)CC.CCC(=O)CC. The Morgan fingerprint density at radius 3 is 1.54 bits per heavy atom. The van der Waals surface area contributed by atoms with Crippen molar-refractivity contribution >= 4 is 11.6 Å². The predicted molar refractivity (Wildman–Crippen MR) is 55.7 cm³/mol. The molecule has 0 saturated carbocycles. The largest absolute Gasteiger partial charge is 0.300 e. The van der Waals surface area contributed by atoms with E-state index in [1.807, 2.05) is 27.7 Å². The fourth-order valence-electron chi connectivity index (χ4n) is 0.554. The first-order valence-electron chi connectivity index (χ1n) is 4.79. The lowest BCUT2D eigenvalue weighted by molar-refractivity contribution is -0.118. The molecule has 0 spiro atoms. The Bertz CT molecular complexity index is 163. The molecule has 0 unspecified atom stereocenters. The molecule has 0 rings (SSSR count). The molecule has 0 heterocycles. The Balaban J connectivity index is 0. The highest BCUT2D eigenvalue weighted by Gasteiger charge is 1.86. The minimum atomic E-state index is 0.197. The third kappa shape index (κ3) is 14.0. The van der Waals surface area contributed by atoms with Crippen LogP contribution in [0.3, 0.4) is 0 Å². The lowest BCUT2D eigenvalue weighted by Gasteiger charge is -1.81. The van der Waals surface area contributed by atoms with E-state index in [0.29, 0.717) is 25.0 Å². The Hall–Kier alpha value is -0.920. The smallest absolute Gasteiger partial charge is 0.155 e. The standard InChI is InChI=1S/C6H10O.C5H10O/c1-3-5-6(7)4-2;1-3-5(6)4-2/h3,5H,4H2,1-2H3;3-4H2,1-2H3. The topological polar surface area (TPSA) is 34.1 Å². The molecule has 0 fully saturated rings. The summed E-state index contributed by atoms with van der Waals surface area (Å²) in [7, 11) is 0. The zero-order chi connectivity index (χ0) is 10.7. The van der Waals surface area contributed by atoms with Crippen molar-refractivity contribution in [3.63, 3.8) is 0 Å². The molecule has 13 heavy (non-hydrogen) atoms. The van der Waals surface area contributed by atoms with Gasteiger partial charge in [-0.05, 0) is 13.0 Å². The first-order valence-corrected chi connectivity index (χ1v) is 4.79. The molecule has 0 aliphatic heterocycles. The van der Waals surface area contributed by atoms with Crippen LogP contribution in [-0.4, -0.2) is 11.6 Å². The van der Waals surface area contributed by atoms with Crippen LogP contribution in [0.4, 0.5) is 0 Å². The number of carbonyl (C=O) groups excluding carboxylic acids is 2. The summed E-state index contributed by atoms with van der Waals surface area (Å²) in [5.74, 6) is 0.539. The third-order valence-electron chi connectivity index (χ3n) is 1.49. The molecule has 0 amide bonds. The molecule has 0 radical (unpaired) electrons. The second-order valence-corrected chi connectivity index (χ2v) is 2.57. The third-order valence-corrected chi connectivity index (χ3v) is 1.49. The van der Waals surface area contributed by atoms with Gasteiger partial charge in [0.25, 0.3) is 0 Å². The monoisotopic (exact) mass is 184 g/mol. The van der Waals surface area contributed by atoms with Gasteiger partial charge in [0.1, 0.15) is 5.78 Å². The van der Waals surface area contributed by atoms with Crippen molar-refractivity contribution in [2.24, 2.45) is 0 Å². The number of ketones is 2. The molecule has 0 aromatic carbocycles. The van der Waals surface area contributed by atoms with Crippen molar-refractivity contribution in [3.8, 4) is 0 Å². The van der Waals surface area contributed by atoms with E-state index in [1.165, 1.54) is 0 Å². The van der Waals surface area contributed by atoms with E-state index in [1.54, 1.807) is 12.2 Å². The van der Waals surface area contributed by atoms with Gasteiger partial charge < -0.3 is 0 Å². The quantitative estimate of drug-likeness (QED) is 0.629. The van der Waals surface area contributed by atoms with E-state index in [0.717, 1.165) is 0 Å². The second kappa shape index (κ2) is 11.1. The molecule has 0 aliphatic carbocycles. The van der Waals surface area contributed by atoms with Gasteiger partial charge in [-0.2, -0.15) is 0 Å². The van der Waals surface area contributed by atoms with Crippen LogP contribution in [0.2, 0.25) is 0 Å². The van der Waals surface area contributed by atoms with Gasteiger partial charge >= 0.3 is 0 Å². The minimum absolute atomic E-state index is 0.197. The fourth-order valence-corrected chi connectivity index (χ4v) is 0.554. The number of Topliss-reactive ketones (excluding diaryl/α,β-unsaturated/α-hetero) is 1. The summed E-state index contributed by atoms with van der Waals surface area (Å²) in [6.07, 6.45) is 5.34. The molecule has 0 aromatic rings. The van der Waals surface area contributed by atoms with Crippen LogP contribution >= 0.6 is 0 Å². The number of rotatable bonds is 4. The van der Waals surface area contributed by atoms with Crippen molar-refractivity contribution in [2.45, 2.75) is 47.0 Å². The molecule has 76 valence electrons. The van der Waals surface area contributed by atoms with Gasteiger partial charge in [0, 0.05) is 19.3 Å². The van der Waals surface area contributed by atoms with E-state index >= 15 is 0 Å². The van der Waals surface area contributed by atoms with Gasteiger partial charge in [-0.25, -0.2) is 0 Å². The number of carbonyl (C=O) groups is 2. The summed E-state index contributed by atoms with van der Waals surface area (Å²) in [5.41, 5.74) is 0. The Morgan fingerprint density at radius 2 is 1.46 bits per heavy atom. The van der Waals surface area contributed by atoms with Crippen LogP contribution in [-0.2, 0) is 9.59 Å². The molecule has 0 aromatic heterocycles. The molecule has 2 nitrogen and oxygen atoms in total. The molecule has 0 bridgehead atoms. The molecule has 2 heteroatoms. The Kier molecular flexibility index (Phi) is 12.4. The van der Waals surface area contributed by atoms with Gasteiger partial charge in [0.05, 0.1) is 0 Å². The van der Waals surface area contributed by atoms with Gasteiger partial charge in [-0.1, -0.05) is 26.8 Å². The number of allylic oxidation sites excluding steroid dienone is 2. The highest BCUT2D eigenvalue weighted by atomic mass is 16.1. The fraction of sp³-hybridized carbons (Fsp3) is 0.636. The van der Waals surface area contributed by atoms with Gasteiger partial charge in [-0.3, -0.25) is 9.59 Å². The molecular weight excluding hydrogens is 164 g/mol. The van der Waals surface area contributed by atoms with Crippen LogP contribution in [0.25, 0.3) is 0 Å². The Labute approximate surface area is 81.0 Å². The summed E-state index contributed by atoms with van der Waals surface area (Å²) in [5, 5.41) is 0. The maximum atomic E-state index is 10.3. The molecular formula is C11H20O2. The van der Waals surface area contributed by atoms with Crippen molar-refractivity contribution in [1.82, 2.24) is 0 Å². The van der Waals surface area contributed by atoms with Crippen molar-refractivity contribution < 1.29 is 9.59 Å². The van der Waals surface area contributed by atoms with E-state index in [2.05, 4.69) is 0 Å². The summed E-state index contributed by atoms with van der Waals surface area (Å²) in [6.45, 7) is 7.45. The van der Waals surface area contributed by atoms with Gasteiger partial charge in [0.2, 0.25) is 0 Å². The van der Waals surface area contributed by atoms with E-state index < -0.39 is 0 Å². The second-order valence-electron chi connectivity index (χ2n) is 2.57. The molecule has 0 aliphatic rings. The summed E-state index contributed by atoms with van der Waals surface area (Å²) in [4.78, 5) is 20.5. The summed E-state index contributed by atoms with van der Waals surface area (Å²) < 4.78 is 0. The van der Waals surface area contributed by atoms with Crippen LogP contribution in [0.5, 0.6) is 0 Å². The maximum absolute atomic E-state index is 10.3. The zero-order valence-electron chi connectivity index (χ0n) is 9.09. The molecule has 0 N–H and O–H groups in total. The number of hydrogen-bond acceptors (Lipinski definition) is 2. The lowest BCUT2D eigenvalue weighted by atomic mass is 10.3. The zero-order valence-corrected chi connectivity index (χ0v) is 9.09. The average molecular weight is 184 g/mol. The summed E-state index contributed by atoms with van der Waals surface area (Å²) in [6, 6.07) is 0. The van der Waals surface area contributed by atoms with Crippen LogP contribution in [0, 0.1) is 0 Å². The maximum Gasteiger partial charge on any atom is 0.155 e. The van der Waals surface area contributed by atoms with Crippen LogP contribution < -0.4 is 0 Å². The minimum Gasteiger partial charge on any atom is -0.300 e. The normalized spacial score (nSPS) is 9.23. The average Bonchev–Trinajstić information content (AvgIpc) is 2.18. The predicted octanol–water partition coefficient (Wildman–Crippen LogP) is 2.92. The van der Waals surface area contributed by atoms with E-state index in [-0.39, 0.29) is 5.78 Å². The summed E-state index contributed by atoms with van der Waals surface area (Å²) >= 11 is 0. The van der Waals surface area contributed by atoms with Gasteiger partial charge in [-0.15, -0.1) is 0 Å².